The topological polar surface area (TPSA) is 83.5 Å². The van der Waals surface area contributed by atoms with E-state index in [2.05, 4.69) is 5.32 Å². The van der Waals surface area contributed by atoms with Gasteiger partial charge in [-0.3, -0.25) is 4.79 Å². The van der Waals surface area contributed by atoms with Crippen molar-refractivity contribution >= 4 is 27.3 Å². The first-order valence-electron chi connectivity index (χ1n) is 7.38. The average molecular weight is 368 g/mol. The van der Waals surface area contributed by atoms with Crippen LogP contribution in [0, 0.1) is 0 Å². The van der Waals surface area contributed by atoms with Gasteiger partial charge >= 0.3 is 0 Å². The molecule has 2 aromatic rings. The molecule has 0 heterocycles. The highest BCUT2D eigenvalue weighted by atomic mass is 35.5. The number of carbonyl (C=O) groups is 1. The largest absolute Gasteiger partial charge is 0.506 e. The zero-order chi connectivity index (χ0) is 17.6. The summed E-state index contributed by atoms with van der Waals surface area (Å²) in [6.07, 6.45) is 0.326. The van der Waals surface area contributed by atoms with Crippen LogP contribution < -0.4 is 5.32 Å². The number of halogens is 1. The number of benzene rings is 2. The van der Waals surface area contributed by atoms with Crippen LogP contribution in [0.15, 0.2) is 48.5 Å². The molecule has 0 saturated carbocycles. The van der Waals surface area contributed by atoms with Gasteiger partial charge in [0.05, 0.1) is 16.5 Å². The predicted octanol–water partition coefficient (Wildman–Crippen LogP) is 2.78. The predicted molar refractivity (Wildman–Crippen MR) is 94.0 cm³/mol. The first-order valence-corrected chi connectivity index (χ1v) is 9.58. The van der Waals surface area contributed by atoms with Gasteiger partial charge in [0.25, 0.3) is 5.91 Å². The Morgan fingerprint density at radius 3 is 2.50 bits per heavy atom. The molecule has 0 fully saturated rings. The van der Waals surface area contributed by atoms with Crippen LogP contribution in [0.2, 0.25) is 5.02 Å². The van der Waals surface area contributed by atoms with Gasteiger partial charge in [0.1, 0.15) is 5.75 Å². The number of hydrogen-bond acceptors (Lipinski definition) is 4. The van der Waals surface area contributed by atoms with Gasteiger partial charge in [-0.05, 0) is 30.2 Å². The van der Waals surface area contributed by atoms with E-state index in [0.29, 0.717) is 12.0 Å². The Bertz CT molecular complexity index is 807. The quantitative estimate of drug-likeness (QED) is 0.737. The normalized spacial score (nSPS) is 11.2. The van der Waals surface area contributed by atoms with Crippen LogP contribution in [0.1, 0.15) is 22.3 Å². The fraction of sp³-hybridized carbons (Fsp3) is 0.235. The molecule has 5 nitrogen and oxygen atoms in total. The molecule has 0 atom stereocenters. The Kier molecular flexibility index (Phi) is 6.23. The van der Waals surface area contributed by atoms with E-state index in [-0.39, 0.29) is 34.7 Å². The lowest BCUT2D eigenvalue weighted by Crippen LogP contribution is -2.26. The molecule has 0 aliphatic heterocycles. The number of rotatable bonds is 7. The molecule has 0 aliphatic carbocycles. The molecule has 24 heavy (non-hydrogen) atoms. The molecule has 0 aromatic heterocycles. The molecule has 2 rings (SSSR count). The number of carbonyl (C=O) groups excluding carboxylic acids is 1. The molecule has 0 aliphatic rings. The zero-order valence-corrected chi connectivity index (χ0v) is 14.5. The van der Waals surface area contributed by atoms with Gasteiger partial charge in [-0.2, -0.15) is 0 Å². The van der Waals surface area contributed by atoms with Gasteiger partial charge in [-0.1, -0.05) is 41.9 Å². The van der Waals surface area contributed by atoms with Crippen LogP contribution in [0.25, 0.3) is 0 Å². The van der Waals surface area contributed by atoms with Crippen molar-refractivity contribution in [3.8, 4) is 5.75 Å². The molecule has 0 radical (unpaired) electrons. The van der Waals surface area contributed by atoms with E-state index in [4.69, 9.17) is 11.6 Å². The molecule has 2 N–H and O–H groups in total. The minimum Gasteiger partial charge on any atom is -0.506 e. The smallest absolute Gasteiger partial charge is 0.251 e. The minimum atomic E-state index is -3.22. The monoisotopic (exact) mass is 367 g/mol. The Hall–Kier alpha value is -2.05. The van der Waals surface area contributed by atoms with Crippen molar-refractivity contribution in [3.05, 3.63) is 64.7 Å². The van der Waals surface area contributed by atoms with Crippen LogP contribution in [-0.4, -0.2) is 31.7 Å². The molecule has 0 unspecified atom stereocenters. The minimum absolute atomic E-state index is 0.00148. The van der Waals surface area contributed by atoms with Crippen molar-refractivity contribution in [3.63, 3.8) is 0 Å². The molecule has 2 aromatic carbocycles. The summed E-state index contributed by atoms with van der Waals surface area (Å²) in [5, 5.41) is 12.0. The number of phenols is 1. The summed E-state index contributed by atoms with van der Waals surface area (Å²) in [5.74, 6) is -0.467. The second-order valence-electron chi connectivity index (χ2n) is 5.35. The Labute approximate surface area is 146 Å². The summed E-state index contributed by atoms with van der Waals surface area (Å²) in [5.41, 5.74) is 1.06. The van der Waals surface area contributed by atoms with E-state index in [1.54, 1.807) is 24.3 Å². The maximum atomic E-state index is 12.0. The summed E-state index contributed by atoms with van der Waals surface area (Å²) in [6.45, 7) is 0.241. The third-order valence-electron chi connectivity index (χ3n) is 3.36. The molecule has 0 saturated heterocycles. The average Bonchev–Trinajstić information content (AvgIpc) is 2.54. The third-order valence-corrected chi connectivity index (χ3v) is 5.34. The van der Waals surface area contributed by atoms with E-state index in [1.165, 1.54) is 18.2 Å². The summed E-state index contributed by atoms with van der Waals surface area (Å²) in [7, 11) is -3.22. The van der Waals surface area contributed by atoms with E-state index in [1.807, 2.05) is 6.07 Å². The van der Waals surface area contributed by atoms with Crippen LogP contribution in [0.3, 0.4) is 0 Å². The SMILES string of the molecule is O=C(NCCCS(=O)(=O)Cc1ccccc1)c1ccc(O)c(Cl)c1. The summed E-state index contributed by atoms with van der Waals surface area (Å²) in [6, 6.07) is 13.1. The first-order chi connectivity index (χ1) is 11.4. The van der Waals surface area contributed by atoms with Crippen molar-refractivity contribution in [1.82, 2.24) is 5.32 Å². The second kappa shape index (κ2) is 8.17. The Morgan fingerprint density at radius 2 is 1.83 bits per heavy atom. The van der Waals surface area contributed by atoms with Gasteiger partial charge in [0.2, 0.25) is 0 Å². The highest BCUT2D eigenvalue weighted by molar-refractivity contribution is 7.90. The van der Waals surface area contributed by atoms with E-state index >= 15 is 0 Å². The van der Waals surface area contributed by atoms with Gasteiger partial charge in [-0.25, -0.2) is 8.42 Å². The van der Waals surface area contributed by atoms with Gasteiger partial charge in [0, 0.05) is 12.1 Å². The van der Waals surface area contributed by atoms with Crippen LogP contribution in [-0.2, 0) is 15.6 Å². The number of aromatic hydroxyl groups is 1. The Balaban J connectivity index is 1.79. The van der Waals surface area contributed by atoms with Gasteiger partial charge in [0.15, 0.2) is 9.84 Å². The molecule has 1 amide bonds. The van der Waals surface area contributed by atoms with Crippen molar-refractivity contribution in [2.75, 3.05) is 12.3 Å². The number of sulfone groups is 1. The summed E-state index contributed by atoms with van der Waals surface area (Å²) >= 11 is 5.75. The Morgan fingerprint density at radius 1 is 1.12 bits per heavy atom. The maximum Gasteiger partial charge on any atom is 0.251 e. The standard InChI is InChI=1S/C17H18ClNO4S/c18-15-11-14(7-8-16(15)20)17(21)19-9-4-10-24(22,23)12-13-5-2-1-3-6-13/h1-3,5-8,11,20H,4,9-10,12H2,(H,19,21). The molecular weight excluding hydrogens is 350 g/mol. The van der Waals surface area contributed by atoms with Crippen molar-refractivity contribution in [1.29, 1.82) is 0 Å². The van der Waals surface area contributed by atoms with Gasteiger partial charge < -0.3 is 10.4 Å². The highest BCUT2D eigenvalue weighted by Crippen LogP contribution is 2.23. The maximum absolute atomic E-state index is 12.0. The third kappa shape index (κ3) is 5.54. The van der Waals surface area contributed by atoms with Crippen LogP contribution in [0.4, 0.5) is 0 Å². The number of nitrogens with one attached hydrogen (secondary N) is 1. The lowest BCUT2D eigenvalue weighted by atomic mass is 10.2. The fourth-order valence-corrected chi connectivity index (χ4v) is 3.75. The highest BCUT2D eigenvalue weighted by Gasteiger charge is 2.12. The van der Waals surface area contributed by atoms with E-state index < -0.39 is 9.84 Å². The summed E-state index contributed by atoms with van der Waals surface area (Å²) < 4.78 is 24.1. The lowest BCUT2D eigenvalue weighted by Gasteiger charge is -2.07. The van der Waals surface area contributed by atoms with Gasteiger partial charge in [-0.15, -0.1) is 0 Å². The van der Waals surface area contributed by atoms with E-state index in [0.717, 1.165) is 5.56 Å². The number of amides is 1. The lowest BCUT2D eigenvalue weighted by molar-refractivity contribution is 0.0953. The van der Waals surface area contributed by atoms with E-state index in [9.17, 15) is 18.3 Å². The summed E-state index contributed by atoms with van der Waals surface area (Å²) in [4.78, 5) is 11.9. The van der Waals surface area contributed by atoms with Crippen molar-refractivity contribution in [2.45, 2.75) is 12.2 Å². The molecule has 7 heteroatoms. The van der Waals surface area contributed by atoms with Crippen molar-refractivity contribution in [2.24, 2.45) is 0 Å². The second-order valence-corrected chi connectivity index (χ2v) is 7.94. The molecule has 0 spiro atoms. The molecular formula is C17H18ClNO4S. The molecule has 128 valence electrons. The van der Waals surface area contributed by atoms with Crippen LogP contribution >= 0.6 is 11.6 Å². The zero-order valence-electron chi connectivity index (χ0n) is 12.9. The molecule has 0 bridgehead atoms. The van der Waals surface area contributed by atoms with Crippen LogP contribution in [0.5, 0.6) is 5.75 Å². The fourth-order valence-electron chi connectivity index (χ4n) is 2.14. The number of phenolic OH excluding ortho intramolecular Hbond substituents is 1. The number of hydrogen-bond donors (Lipinski definition) is 2. The first kappa shape index (κ1) is 18.3. The van der Waals surface area contributed by atoms with Crippen molar-refractivity contribution < 1.29 is 18.3 Å².